The van der Waals surface area contributed by atoms with E-state index >= 15 is 0 Å². The quantitative estimate of drug-likeness (QED) is 0.598. The minimum atomic E-state index is -3.39. The predicted octanol–water partition coefficient (Wildman–Crippen LogP) is -0.861. The number of hydrogen-bond acceptors (Lipinski definition) is 5. The number of aromatic amines is 1. The molecule has 0 saturated carbocycles. The Morgan fingerprint density at radius 2 is 2.28 bits per heavy atom. The Balaban J connectivity index is 2.42. The number of rotatable bonds is 7. The van der Waals surface area contributed by atoms with Crippen molar-refractivity contribution in [1.82, 2.24) is 25.2 Å². The summed E-state index contributed by atoms with van der Waals surface area (Å²) >= 11 is 0. The molecule has 0 fully saturated rings. The average molecular weight is 275 g/mol. The fourth-order valence-corrected chi connectivity index (χ4v) is 2.59. The molecular formula is C9H17N5O3S. The molecule has 1 aromatic rings. The molecule has 0 aliphatic carbocycles. The van der Waals surface area contributed by atoms with Gasteiger partial charge in [-0.3, -0.25) is 9.89 Å². The van der Waals surface area contributed by atoms with Crippen molar-refractivity contribution in [3.8, 4) is 0 Å². The maximum atomic E-state index is 11.6. The lowest BCUT2D eigenvalue weighted by molar-refractivity contribution is -0.122. The minimum absolute atomic E-state index is 0.00667. The molecule has 3 N–H and O–H groups in total. The lowest BCUT2D eigenvalue weighted by Crippen LogP contribution is -2.45. The van der Waals surface area contributed by atoms with Gasteiger partial charge >= 0.3 is 0 Å². The van der Waals surface area contributed by atoms with Crippen LogP contribution in [0.25, 0.3) is 0 Å². The van der Waals surface area contributed by atoms with Crippen LogP contribution in [0.3, 0.4) is 0 Å². The third-order valence-corrected chi connectivity index (χ3v) is 3.78. The Morgan fingerprint density at radius 3 is 2.83 bits per heavy atom. The van der Waals surface area contributed by atoms with Gasteiger partial charge in [0.1, 0.15) is 12.2 Å². The molecule has 0 saturated heterocycles. The molecule has 0 bridgehead atoms. The molecule has 1 heterocycles. The molecule has 0 aromatic carbocycles. The summed E-state index contributed by atoms with van der Waals surface area (Å²) in [5.74, 6) is 0.102. The van der Waals surface area contributed by atoms with E-state index in [0.717, 1.165) is 0 Å². The first-order valence-electron chi connectivity index (χ1n) is 5.56. The molecule has 18 heavy (non-hydrogen) atoms. The second-order valence-corrected chi connectivity index (χ2v) is 5.68. The molecule has 1 amide bonds. The van der Waals surface area contributed by atoms with Gasteiger partial charge in [0.2, 0.25) is 15.9 Å². The molecule has 1 atom stereocenters. The summed E-state index contributed by atoms with van der Waals surface area (Å²) in [5.41, 5.74) is 0. The second kappa shape index (κ2) is 6.45. The van der Waals surface area contributed by atoms with Gasteiger partial charge in [-0.05, 0) is 13.3 Å². The van der Waals surface area contributed by atoms with E-state index in [-0.39, 0.29) is 12.3 Å². The Bertz CT molecular complexity index is 470. The Kier molecular flexibility index (Phi) is 5.23. The third-order valence-electron chi connectivity index (χ3n) is 2.12. The van der Waals surface area contributed by atoms with Gasteiger partial charge < -0.3 is 5.32 Å². The number of hydrogen-bond donors (Lipinski definition) is 3. The fourth-order valence-electron chi connectivity index (χ4n) is 1.29. The van der Waals surface area contributed by atoms with Gasteiger partial charge in [0, 0.05) is 0 Å². The van der Waals surface area contributed by atoms with Crippen molar-refractivity contribution in [2.24, 2.45) is 0 Å². The van der Waals surface area contributed by atoms with Crippen LogP contribution in [0.4, 0.5) is 0 Å². The molecule has 9 heteroatoms. The van der Waals surface area contributed by atoms with Crippen molar-refractivity contribution in [2.75, 3.05) is 5.75 Å². The summed E-state index contributed by atoms with van der Waals surface area (Å²) in [5, 5.41) is 8.77. The first-order chi connectivity index (χ1) is 8.44. The number of carbonyl (C=O) groups excluding carboxylic acids is 1. The highest BCUT2D eigenvalue weighted by Crippen LogP contribution is 1.93. The SMILES string of the molecule is CCCS(=O)(=O)NC(C)C(=O)NCc1ncn[nH]1. The number of nitrogens with one attached hydrogen (secondary N) is 3. The van der Waals surface area contributed by atoms with E-state index in [4.69, 9.17) is 0 Å². The van der Waals surface area contributed by atoms with E-state index in [1.54, 1.807) is 6.92 Å². The summed E-state index contributed by atoms with van der Waals surface area (Å²) in [4.78, 5) is 15.5. The largest absolute Gasteiger partial charge is 0.347 e. The van der Waals surface area contributed by atoms with Crippen molar-refractivity contribution in [3.63, 3.8) is 0 Å². The summed E-state index contributed by atoms with van der Waals surface area (Å²) in [6, 6.07) is -0.815. The van der Waals surface area contributed by atoms with Gasteiger partial charge in [0.15, 0.2) is 0 Å². The van der Waals surface area contributed by atoms with Crippen LogP contribution < -0.4 is 10.0 Å². The first-order valence-corrected chi connectivity index (χ1v) is 7.22. The van der Waals surface area contributed by atoms with Crippen molar-refractivity contribution < 1.29 is 13.2 Å². The first kappa shape index (κ1) is 14.6. The van der Waals surface area contributed by atoms with Gasteiger partial charge in [-0.25, -0.2) is 18.1 Å². The highest BCUT2D eigenvalue weighted by atomic mass is 32.2. The number of amides is 1. The summed E-state index contributed by atoms with van der Waals surface area (Å²) in [6.45, 7) is 3.43. The van der Waals surface area contributed by atoms with Gasteiger partial charge in [-0.2, -0.15) is 5.10 Å². The van der Waals surface area contributed by atoms with Crippen LogP contribution in [-0.2, 0) is 21.4 Å². The molecular weight excluding hydrogens is 258 g/mol. The van der Waals surface area contributed by atoms with Crippen LogP contribution in [0, 0.1) is 0 Å². The molecule has 0 spiro atoms. The number of sulfonamides is 1. The van der Waals surface area contributed by atoms with Crippen molar-refractivity contribution in [1.29, 1.82) is 0 Å². The molecule has 0 aliphatic heterocycles. The topological polar surface area (TPSA) is 117 Å². The number of carbonyl (C=O) groups is 1. The predicted molar refractivity (Wildman–Crippen MR) is 64.9 cm³/mol. The van der Waals surface area contributed by atoms with Crippen molar-refractivity contribution >= 4 is 15.9 Å². The highest BCUT2D eigenvalue weighted by Gasteiger charge is 2.19. The lowest BCUT2D eigenvalue weighted by atomic mass is 10.3. The van der Waals surface area contributed by atoms with Gasteiger partial charge in [-0.1, -0.05) is 6.92 Å². The molecule has 102 valence electrons. The van der Waals surface area contributed by atoms with Crippen LogP contribution in [0.15, 0.2) is 6.33 Å². The number of H-pyrrole nitrogens is 1. The van der Waals surface area contributed by atoms with Crippen LogP contribution in [0.5, 0.6) is 0 Å². The molecule has 1 unspecified atom stereocenters. The smallest absolute Gasteiger partial charge is 0.238 e. The zero-order valence-corrected chi connectivity index (χ0v) is 11.1. The van der Waals surface area contributed by atoms with E-state index in [1.165, 1.54) is 13.3 Å². The third kappa shape index (κ3) is 4.80. The molecule has 1 rings (SSSR count). The van der Waals surface area contributed by atoms with E-state index in [0.29, 0.717) is 12.2 Å². The zero-order chi connectivity index (χ0) is 13.6. The van der Waals surface area contributed by atoms with Crippen LogP contribution in [-0.4, -0.2) is 41.3 Å². The normalized spacial score (nSPS) is 13.2. The summed E-state index contributed by atoms with van der Waals surface area (Å²) in [7, 11) is -3.39. The fraction of sp³-hybridized carbons (Fsp3) is 0.667. The van der Waals surface area contributed by atoms with E-state index < -0.39 is 22.0 Å². The summed E-state index contributed by atoms with van der Waals surface area (Å²) in [6.07, 6.45) is 1.83. The molecule has 0 radical (unpaired) electrons. The summed E-state index contributed by atoms with van der Waals surface area (Å²) < 4.78 is 25.2. The van der Waals surface area contributed by atoms with Crippen LogP contribution in [0.2, 0.25) is 0 Å². The Morgan fingerprint density at radius 1 is 1.56 bits per heavy atom. The van der Waals surface area contributed by atoms with Crippen LogP contribution >= 0.6 is 0 Å². The average Bonchev–Trinajstić information content (AvgIpc) is 2.77. The lowest BCUT2D eigenvalue weighted by Gasteiger charge is -2.13. The highest BCUT2D eigenvalue weighted by molar-refractivity contribution is 7.89. The van der Waals surface area contributed by atoms with E-state index in [9.17, 15) is 13.2 Å². The maximum Gasteiger partial charge on any atom is 0.238 e. The van der Waals surface area contributed by atoms with Gasteiger partial charge in [0.25, 0.3) is 0 Å². The van der Waals surface area contributed by atoms with Crippen molar-refractivity contribution in [2.45, 2.75) is 32.9 Å². The number of aromatic nitrogens is 3. The zero-order valence-electron chi connectivity index (χ0n) is 10.3. The standard InChI is InChI=1S/C9H17N5O3S/c1-3-4-18(16,17)14-7(2)9(15)10-5-8-11-6-12-13-8/h6-7,14H,3-5H2,1-2H3,(H,10,15)(H,11,12,13). The number of nitrogens with zero attached hydrogens (tertiary/aromatic N) is 2. The Hall–Kier alpha value is -1.48. The Labute approximate surface area is 106 Å². The van der Waals surface area contributed by atoms with E-state index in [2.05, 4.69) is 25.2 Å². The van der Waals surface area contributed by atoms with E-state index in [1.807, 2.05) is 0 Å². The molecule has 8 nitrogen and oxygen atoms in total. The maximum absolute atomic E-state index is 11.6. The van der Waals surface area contributed by atoms with Gasteiger partial charge in [0.05, 0.1) is 18.3 Å². The second-order valence-electron chi connectivity index (χ2n) is 3.81. The van der Waals surface area contributed by atoms with Crippen LogP contribution in [0.1, 0.15) is 26.1 Å². The molecule has 0 aliphatic rings. The van der Waals surface area contributed by atoms with Gasteiger partial charge in [-0.15, -0.1) is 0 Å². The van der Waals surface area contributed by atoms with Crippen molar-refractivity contribution in [3.05, 3.63) is 12.2 Å². The minimum Gasteiger partial charge on any atom is -0.347 e. The molecule has 1 aromatic heterocycles. The monoisotopic (exact) mass is 275 g/mol.